The molecule has 1 aromatic heterocycles. The highest BCUT2D eigenvalue weighted by Gasteiger charge is 2.19. The second-order valence-corrected chi connectivity index (χ2v) is 3.04. The SMILES string of the molecule is O=C(O)c1nc(CBr)ccc1C(F)F. The predicted octanol–water partition coefficient (Wildman–Crippen LogP) is 2.61. The monoisotopic (exact) mass is 265 g/mol. The Morgan fingerprint density at radius 2 is 2.21 bits per heavy atom. The van der Waals surface area contributed by atoms with Crippen molar-refractivity contribution < 1.29 is 18.7 Å². The van der Waals surface area contributed by atoms with Crippen LogP contribution in [0.25, 0.3) is 0 Å². The number of carboxylic acid groups (broad SMARTS) is 1. The van der Waals surface area contributed by atoms with Crippen LogP contribution in [0.5, 0.6) is 0 Å². The second kappa shape index (κ2) is 4.45. The summed E-state index contributed by atoms with van der Waals surface area (Å²) in [5.41, 5.74) is -0.731. The van der Waals surface area contributed by atoms with E-state index in [4.69, 9.17) is 5.11 Å². The lowest BCUT2D eigenvalue weighted by molar-refractivity contribution is 0.0677. The topological polar surface area (TPSA) is 50.2 Å². The standard InChI is InChI=1S/C8H6BrF2NO2/c9-3-4-1-2-5(7(10)11)6(12-4)8(13)14/h1-2,7H,3H2,(H,13,14). The van der Waals surface area contributed by atoms with Crippen molar-refractivity contribution in [3.63, 3.8) is 0 Å². The summed E-state index contributed by atoms with van der Waals surface area (Å²) in [7, 11) is 0. The van der Waals surface area contributed by atoms with Gasteiger partial charge in [-0.3, -0.25) is 0 Å². The molecule has 1 N–H and O–H groups in total. The van der Waals surface area contributed by atoms with E-state index in [1.54, 1.807) is 0 Å². The molecular formula is C8H6BrF2NO2. The zero-order valence-electron chi connectivity index (χ0n) is 6.88. The van der Waals surface area contributed by atoms with E-state index in [0.717, 1.165) is 6.07 Å². The number of carbonyl (C=O) groups is 1. The fourth-order valence-electron chi connectivity index (χ4n) is 0.932. The molecule has 0 aromatic carbocycles. The summed E-state index contributed by atoms with van der Waals surface area (Å²) < 4.78 is 24.6. The fourth-order valence-corrected chi connectivity index (χ4v) is 1.24. The molecule has 14 heavy (non-hydrogen) atoms. The van der Waals surface area contributed by atoms with E-state index in [9.17, 15) is 13.6 Å². The van der Waals surface area contributed by atoms with Crippen LogP contribution in [0.4, 0.5) is 8.78 Å². The minimum absolute atomic E-state index is 0.330. The summed E-state index contributed by atoms with van der Waals surface area (Å²) in [5, 5.41) is 8.95. The maximum Gasteiger partial charge on any atom is 0.355 e. The van der Waals surface area contributed by atoms with Gasteiger partial charge >= 0.3 is 5.97 Å². The summed E-state index contributed by atoms with van der Waals surface area (Å²) >= 11 is 3.06. The predicted molar refractivity (Wildman–Crippen MR) is 48.8 cm³/mol. The highest BCUT2D eigenvalue weighted by Crippen LogP contribution is 2.22. The van der Waals surface area contributed by atoms with Crippen molar-refractivity contribution >= 4 is 21.9 Å². The molecule has 0 aliphatic heterocycles. The zero-order chi connectivity index (χ0) is 10.7. The van der Waals surface area contributed by atoms with Crippen molar-refractivity contribution in [1.82, 2.24) is 4.98 Å². The summed E-state index contributed by atoms with van der Waals surface area (Å²) in [6, 6.07) is 2.44. The van der Waals surface area contributed by atoms with Crippen molar-refractivity contribution in [3.8, 4) is 0 Å². The van der Waals surface area contributed by atoms with Crippen molar-refractivity contribution in [2.75, 3.05) is 0 Å². The Labute approximate surface area is 86.9 Å². The molecule has 0 saturated heterocycles. The van der Waals surface area contributed by atoms with E-state index >= 15 is 0 Å². The van der Waals surface area contributed by atoms with E-state index in [-0.39, 0.29) is 0 Å². The molecule has 0 unspecified atom stereocenters. The Morgan fingerprint density at radius 3 is 2.64 bits per heavy atom. The maximum absolute atomic E-state index is 12.3. The molecule has 6 heteroatoms. The summed E-state index contributed by atoms with van der Waals surface area (Å²) in [6.07, 6.45) is -2.82. The highest BCUT2D eigenvalue weighted by molar-refractivity contribution is 9.08. The van der Waals surface area contributed by atoms with Crippen molar-refractivity contribution in [2.45, 2.75) is 11.8 Å². The normalized spacial score (nSPS) is 10.6. The van der Waals surface area contributed by atoms with Crippen LogP contribution in [0, 0.1) is 0 Å². The lowest BCUT2D eigenvalue weighted by Gasteiger charge is -2.05. The van der Waals surface area contributed by atoms with Crippen molar-refractivity contribution in [1.29, 1.82) is 0 Å². The first-order chi connectivity index (χ1) is 6.56. The Morgan fingerprint density at radius 1 is 1.57 bits per heavy atom. The molecular weight excluding hydrogens is 260 g/mol. The third-order valence-corrected chi connectivity index (χ3v) is 2.13. The fraction of sp³-hybridized carbons (Fsp3) is 0.250. The summed E-state index contributed by atoms with van der Waals surface area (Å²) in [5.74, 6) is -1.44. The molecule has 0 bridgehead atoms. The molecule has 76 valence electrons. The molecule has 0 saturated carbocycles. The van der Waals surface area contributed by atoms with Gasteiger partial charge in [0.05, 0.1) is 11.3 Å². The lowest BCUT2D eigenvalue weighted by atomic mass is 10.2. The number of hydrogen-bond donors (Lipinski definition) is 1. The van der Waals surface area contributed by atoms with Gasteiger partial charge in [-0.1, -0.05) is 15.9 Å². The number of aromatic nitrogens is 1. The Hall–Kier alpha value is -1.04. The number of alkyl halides is 3. The van der Waals surface area contributed by atoms with Crippen LogP contribution in [0.1, 0.15) is 28.2 Å². The smallest absolute Gasteiger partial charge is 0.355 e. The van der Waals surface area contributed by atoms with E-state index < -0.39 is 23.7 Å². The summed E-state index contributed by atoms with van der Waals surface area (Å²) in [4.78, 5) is 14.2. The van der Waals surface area contributed by atoms with Crippen LogP contribution in [0.3, 0.4) is 0 Å². The molecule has 0 aliphatic carbocycles. The van der Waals surface area contributed by atoms with E-state index in [1.807, 2.05) is 0 Å². The summed E-state index contributed by atoms with van der Waals surface area (Å²) in [6.45, 7) is 0. The number of hydrogen-bond acceptors (Lipinski definition) is 2. The van der Waals surface area contributed by atoms with E-state index in [1.165, 1.54) is 6.07 Å². The van der Waals surface area contributed by atoms with Crippen LogP contribution in [0.15, 0.2) is 12.1 Å². The molecule has 0 atom stereocenters. The Balaban J connectivity index is 3.24. The van der Waals surface area contributed by atoms with Gasteiger partial charge in [0, 0.05) is 5.33 Å². The maximum atomic E-state index is 12.3. The zero-order valence-corrected chi connectivity index (χ0v) is 8.46. The Bertz CT molecular complexity index is 357. The van der Waals surface area contributed by atoms with Gasteiger partial charge in [-0.05, 0) is 12.1 Å². The van der Waals surface area contributed by atoms with E-state index in [0.29, 0.717) is 11.0 Å². The first kappa shape index (κ1) is 11.0. The quantitative estimate of drug-likeness (QED) is 0.855. The number of rotatable bonds is 3. The molecule has 1 aromatic rings. The van der Waals surface area contributed by atoms with Crippen LogP contribution >= 0.6 is 15.9 Å². The molecule has 0 aliphatic rings. The number of nitrogens with zero attached hydrogens (tertiary/aromatic N) is 1. The van der Waals surface area contributed by atoms with Gasteiger partial charge in [0.2, 0.25) is 0 Å². The molecule has 1 heterocycles. The largest absolute Gasteiger partial charge is 0.476 e. The minimum Gasteiger partial charge on any atom is -0.476 e. The van der Waals surface area contributed by atoms with Crippen LogP contribution in [0.2, 0.25) is 0 Å². The van der Waals surface area contributed by atoms with Gasteiger partial charge in [0.1, 0.15) is 0 Å². The average molecular weight is 266 g/mol. The minimum atomic E-state index is -2.82. The van der Waals surface area contributed by atoms with Crippen LogP contribution in [-0.4, -0.2) is 16.1 Å². The molecule has 1 rings (SSSR count). The number of carboxylic acids is 1. The van der Waals surface area contributed by atoms with Crippen LogP contribution in [-0.2, 0) is 5.33 Å². The highest BCUT2D eigenvalue weighted by atomic mass is 79.9. The van der Waals surface area contributed by atoms with Gasteiger partial charge in [-0.15, -0.1) is 0 Å². The molecule has 0 fully saturated rings. The van der Waals surface area contributed by atoms with Crippen molar-refractivity contribution in [2.24, 2.45) is 0 Å². The number of halogens is 3. The molecule has 0 amide bonds. The number of aromatic carboxylic acids is 1. The van der Waals surface area contributed by atoms with Gasteiger partial charge in [0.15, 0.2) is 5.69 Å². The van der Waals surface area contributed by atoms with Gasteiger partial charge in [-0.2, -0.15) is 0 Å². The van der Waals surface area contributed by atoms with Gasteiger partial charge in [-0.25, -0.2) is 18.6 Å². The molecule has 0 spiro atoms. The van der Waals surface area contributed by atoms with Crippen molar-refractivity contribution in [3.05, 3.63) is 29.1 Å². The van der Waals surface area contributed by atoms with Crippen LogP contribution < -0.4 is 0 Å². The average Bonchev–Trinajstić information content (AvgIpc) is 2.16. The first-order valence-electron chi connectivity index (χ1n) is 3.63. The van der Waals surface area contributed by atoms with E-state index in [2.05, 4.69) is 20.9 Å². The third-order valence-electron chi connectivity index (χ3n) is 1.56. The molecule has 0 radical (unpaired) electrons. The molecule has 3 nitrogen and oxygen atoms in total. The second-order valence-electron chi connectivity index (χ2n) is 2.48. The first-order valence-corrected chi connectivity index (χ1v) is 4.75. The third kappa shape index (κ3) is 2.25. The van der Waals surface area contributed by atoms with Gasteiger partial charge in [0.25, 0.3) is 6.43 Å². The Kier molecular flexibility index (Phi) is 3.51. The lowest BCUT2D eigenvalue weighted by Crippen LogP contribution is -2.07. The number of pyridine rings is 1. The van der Waals surface area contributed by atoms with Gasteiger partial charge < -0.3 is 5.11 Å².